The minimum atomic E-state index is -0.303. The van der Waals surface area contributed by atoms with Gasteiger partial charge in [0.15, 0.2) is 0 Å². The fourth-order valence-electron chi connectivity index (χ4n) is 4.27. The lowest BCUT2D eigenvalue weighted by molar-refractivity contribution is 0.0502. The predicted molar refractivity (Wildman–Crippen MR) is 142 cm³/mol. The van der Waals surface area contributed by atoms with Crippen LogP contribution in [-0.4, -0.2) is 40.2 Å². The van der Waals surface area contributed by atoms with E-state index in [4.69, 9.17) is 15.5 Å². The van der Waals surface area contributed by atoms with Gasteiger partial charge < -0.3 is 15.0 Å². The lowest BCUT2D eigenvalue weighted by Crippen LogP contribution is -2.44. The van der Waals surface area contributed by atoms with Crippen LogP contribution in [0.4, 0.5) is 4.79 Å². The van der Waals surface area contributed by atoms with E-state index in [1.165, 1.54) is 5.56 Å². The van der Waals surface area contributed by atoms with Crippen molar-refractivity contribution < 1.29 is 9.53 Å². The molecule has 6 nitrogen and oxygen atoms in total. The molecular weight excluding hydrogens is 436 g/mol. The Hall–Kier alpha value is -3.12. The lowest BCUT2D eigenvalue weighted by atomic mass is 9.84. The number of hydrogen-bond donors (Lipinski definition) is 1. The summed E-state index contributed by atoms with van der Waals surface area (Å²) in [7, 11) is 0. The lowest BCUT2D eigenvalue weighted by Gasteiger charge is -2.39. The summed E-state index contributed by atoms with van der Waals surface area (Å²) in [6.45, 7) is 10.6. The zero-order chi connectivity index (χ0) is 25.3. The van der Waals surface area contributed by atoms with E-state index >= 15 is 0 Å². The molecule has 2 aromatic carbocycles. The minimum absolute atomic E-state index is 0.286. The number of benzene rings is 2. The third kappa shape index (κ3) is 7.18. The topological polar surface area (TPSA) is 73.4 Å². The number of carbonyl (C=O) groups is 1. The zero-order valence-electron chi connectivity index (χ0n) is 21.6. The van der Waals surface area contributed by atoms with Crippen molar-refractivity contribution in [2.75, 3.05) is 19.7 Å². The Labute approximate surface area is 210 Å². The molecule has 188 valence electrons. The normalized spacial score (nSPS) is 12.4. The summed E-state index contributed by atoms with van der Waals surface area (Å²) >= 11 is 0. The van der Waals surface area contributed by atoms with Crippen molar-refractivity contribution in [2.45, 2.75) is 59.5 Å². The van der Waals surface area contributed by atoms with Crippen LogP contribution in [0.2, 0.25) is 0 Å². The van der Waals surface area contributed by atoms with E-state index < -0.39 is 0 Å². The smallest absolute Gasteiger partial charge is 0.410 e. The molecule has 2 N–H and O–H groups in total. The molecule has 6 heteroatoms. The van der Waals surface area contributed by atoms with Gasteiger partial charge in [0.05, 0.1) is 18.3 Å². The van der Waals surface area contributed by atoms with Crippen LogP contribution in [0.25, 0.3) is 11.3 Å². The van der Waals surface area contributed by atoms with E-state index in [1.807, 2.05) is 41.3 Å². The van der Waals surface area contributed by atoms with Gasteiger partial charge in [0.2, 0.25) is 0 Å². The molecular formula is C29H40N4O2. The highest BCUT2D eigenvalue weighted by molar-refractivity contribution is 5.68. The minimum Gasteiger partial charge on any atom is -0.449 e. The van der Waals surface area contributed by atoms with Gasteiger partial charge in [0.25, 0.3) is 0 Å². The molecule has 3 aromatic rings. The maximum atomic E-state index is 13.4. The SMILES string of the molecule is CCCCOC(=O)N(CCCN)[C@@H](c1nc(-c2ccccc2)cn1Cc1ccccc1)C(C)(C)C. The average Bonchev–Trinajstić information content (AvgIpc) is 3.25. The van der Waals surface area contributed by atoms with Gasteiger partial charge in [-0.3, -0.25) is 4.90 Å². The molecule has 0 aliphatic heterocycles. The predicted octanol–water partition coefficient (Wildman–Crippen LogP) is 6.27. The number of imidazole rings is 1. The molecule has 3 rings (SSSR count). The van der Waals surface area contributed by atoms with Gasteiger partial charge >= 0.3 is 6.09 Å². The van der Waals surface area contributed by atoms with Gasteiger partial charge in [0, 0.05) is 24.8 Å². The van der Waals surface area contributed by atoms with Gasteiger partial charge in [-0.1, -0.05) is 94.8 Å². The molecule has 0 bridgehead atoms. The summed E-state index contributed by atoms with van der Waals surface area (Å²) in [5, 5.41) is 0. The molecule has 1 aromatic heterocycles. The number of amides is 1. The van der Waals surface area contributed by atoms with Crippen LogP contribution in [0.5, 0.6) is 0 Å². The standard InChI is InChI=1S/C29H40N4O2/c1-5-6-20-35-28(34)33(19-13-18-30)26(29(2,3)4)27-31-25(24-16-11-8-12-17-24)22-32(27)21-23-14-9-7-10-15-23/h7-12,14-17,22,26H,5-6,13,18-21,30H2,1-4H3/t26-/m0/s1. The molecule has 35 heavy (non-hydrogen) atoms. The highest BCUT2D eigenvalue weighted by Crippen LogP contribution is 2.39. The Morgan fingerprint density at radius 3 is 2.31 bits per heavy atom. The van der Waals surface area contributed by atoms with Crippen LogP contribution in [0.3, 0.4) is 0 Å². The highest BCUT2D eigenvalue weighted by atomic mass is 16.6. The second-order valence-corrected chi connectivity index (χ2v) is 10.0. The number of unbranched alkanes of at least 4 members (excludes halogenated alkanes) is 1. The van der Waals surface area contributed by atoms with Crippen LogP contribution in [0.15, 0.2) is 66.9 Å². The Morgan fingerprint density at radius 2 is 1.71 bits per heavy atom. The number of rotatable bonds is 11. The van der Waals surface area contributed by atoms with Gasteiger partial charge in [-0.2, -0.15) is 0 Å². The quantitative estimate of drug-likeness (QED) is 0.331. The van der Waals surface area contributed by atoms with E-state index in [0.717, 1.165) is 29.9 Å². The van der Waals surface area contributed by atoms with Crippen molar-refractivity contribution in [3.05, 3.63) is 78.2 Å². The molecule has 1 heterocycles. The summed E-state index contributed by atoms with van der Waals surface area (Å²) in [6, 6.07) is 20.2. The van der Waals surface area contributed by atoms with E-state index in [9.17, 15) is 4.79 Å². The molecule has 0 radical (unpaired) electrons. The van der Waals surface area contributed by atoms with E-state index in [1.54, 1.807) is 0 Å². The van der Waals surface area contributed by atoms with E-state index in [0.29, 0.717) is 32.7 Å². The molecule has 0 fully saturated rings. The number of aromatic nitrogens is 2. The maximum absolute atomic E-state index is 13.4. The first-order valence-corrected chi connectivity index (χ1v) is 12.6. The number of nitrogens with two attached hydrogens (primary N) is 1. The summed E-state index contributed by atoms with van der Waals surface area (Å²) in [6.07, 6.45) is 4.31. The van der Waals surface area contributed by atoms with Gasteiger partial charge in [-0.15, -0.1) is 0 Å². The number of hydrogen-bond acceptors (Lipinski definition) is 4. The van der Waals surface area contributed by atoms with E-state index in [2.05, 4.69) is 62.7 Å². The largest absolute Gasteiger partial charge is 0.449 e. The van der Waals surface area contributed by atoms with Crippen LogP contribution in [0, 0.1) is 5.41 Å². The van der Waals surface area contributed by atoms with Gasteiger partial charge in [0.1, 0.15) is 5.82 Å². The fraction of sp³-hybridized carbons (Fsp3) is 0.448. The zero-order valence-corrected chi connectivity index (χ0v) is 21.6. The van der Waals surface area contributed by atoms with E-state index in [-0.39, 0.29) is 17.6 Å². The molecule has 0 unspecified atom stereocenters. The number of ether oxygens (including phenoxy) is 1. The Balaban J connectivity index is 2.09. The first-order valence-electron chi connectivity index (χ1n) is 12.6. The summed E-state index contributed by atoms with van der Waals surface area (Å²) < 4.78 is 7.88. The molecule has 0 saturated carbocycles. The molecule has 1 atom stereocenters. The monoisotopic (exact) mass is 476 g/mol. The summed E-state index contributed by atoms with van der Waals surface area (Å²) in [5.41, 5.74) is 8.69. The van der Waals surface area contributed by atoms with Crippen LogP contribution < -0.4 is 5.73 Å². The summed E-state index contributed by atoms with van der Waals surface area (Å²) in [5.74, 6) is 0.852. The molecule has 0 saturated heterocycles. The van der Waals surface area contributed by atoms with Crippen molar-refractivity contribution >= 4 is 6.09 Å². The number of carbonyl (C=O) groups excluding carboxylic acids is 1. The van der Waals surface area contributed by atoms with Crippen molar-refractivity contribution in [3.63, 3.8) is 0 Å². The Bertz CT molecular complexity index is 1040. The third-order valence-electron chi connectivity index (χ3n) is 6.01. The first kappa shape index (κ1) is 26.5. The van der Waals surface area contributed by atoms with Crippen LogP contribution >= 0.6 is 0 Å². The Morgan fingerprint density at radius 1 is 1.06 bits per heavy atom. The van der Waals surface area contributed by atoms with Gasteiger partial charge in [-0.25, -0.2) is 9.78 Å². The molecule has 0 spiro atoms. The van der Waals surface area contributed by atoms with Crippen molar-refractivity contribution in [2.24, 2.45) is 11.1 Å². The Kier molecular flexibility index (Phi) is 9.49. The average molecular weight is 477 g/mol. The van der Waals surface area contributed by atoms with Crippen molar-refractivity contribution in [1.82, 2.24) is 14.5 Å². The fourth-order valence-corrected chi connectivity index (χ4v) is 4.27. The van der Waals surface area contributed by atoms with Crippen LogP contribution in [0.1, 0.15) is 64.4 Å². The maximum Gasteiger partial charge on any atom is 0.410 e. The molecule has 0 aliphatic rings. The molecule has 1 amide bonds. The summed E-state index contributed by atoms with van der Waals surface area (Å²) in [4.78, 5) is 20.3. The van der Waals surface area contributed by atoms with Gasteiger partial charge in [-0.05, 0) is 30.4 Å². The van der Waals surface area contributed by atoms with Crippen molar-refractivity contribution in [3.8, 4) is 11.3 Å². The highest BCUT2D eigenvalue weighted by Gasteiger charge is 2.39. The second kappa shape index (κ2) is 12.5. The third-order valence-corrected chi connectivity index (χ3v) is 6.01. The second-order valence-electron chi connectivity index (χ2n) is 10.0. The molecule has 0 aliphatic carbocycles. The first-order chi connectivity index (χ1) is 16.8. The number of nitrogens with zero attached hydrogens (tertiary/aromatic N) is 3. The van der Waals surface area contributed by atoms with Crippen LogP contribution in [-0.2, 0) is 11.3 Å². The van der Waals surface area contributed by atoms with Crippen molar-refractivity contribution in [1.29, 1.82) is 0 Å².